The van der Waals surface area contributed by atoms with Crippen molar-refractivity contribution in [2.45, 2.75) is 12.3 Å². The molecular formula is C10H10O. The van der Waals surface area contributed by atoms with Gasteiger partial charge in [-0.15, -0.1) is 0 Å². The van der Waals surface area contributed by atoms with E-state index in [-0.39, 0.29) is 0 Å². The second-order valence-corrected chi connectivity index (χ2v) is 2.86. The summed E-state index contributed by atoms with van der Waals surface area (Å²) in [6.45, 7) is 0. The van der Waals surface area contributed by atoms with Gasteiger partial charge in [-0.3, -0.25) is 0 Å². The van der Waals surface area contributed by atoms with Gasteiger partial charge in [0.25, 0.3) is 0 Å². The first kappa shape index (κ1) is 6.47. The molecule has 1 atom stereocenters. The van der Waals surface area contributed by atoms with Gasteiger partial charge in [-0.25, -0.2) is 0 Å². The molecule has 0 radical (unpaired) electrons. The number of aromatic hydroxyl groups is 1. The molecule has 2 rings (SSSR count). The van der Waals surface area contributed by atoms with Crippen LogP contribution in [0.3, 0.4) is 0 Å². The van der Waals surface area contributed by atoms with Gasteiger partial charge in [0.1, 0.15) is 5.75 Å². The second kappa shape index (κ2) is 2.42. The van der Waals surface area contributed by atoms with Crippen molar-refractivity contribution in [1.29, 1.82) is 0 Å². The highest BCUT2D eigenvalue weighted by atomic mass is 16.3. The molecule has 0 aromatic heterocycles. The summed E-state index contributed by atoms with van der Waals surface area (Å²) in [6.07, 6.45) is 5.49. The maximum absolute atomic E-state index is 9.01. The Morgan fingerprint density at radius 3 is 2.27 bits per heavy atom. The van der Waals surface area contributed by atoms with Crippen LogP contribution in [0.25, 0.3) is 0 Å². The van der Waals surface area contributed by atoms with Gasteiger partial charge < -0.3 is 5.11 Å². The lowest BCUT2D eigenvalue weighted by Gasteiger charge is -2.17. The van der Waals surface area contributed by atoms with Crippen molar-refractivity contribution in [3.05, 3.63) is 42.0 Å². The molecule has 1 aliphatic rings. The minimum Gasteiger partial charge on any atom is -0.508 e. The number of benzene rings is 1. The van der Waals surface area contributed by atoms with Crippen molar-refractivity contribution in [1.82, 2.24) is 0 Å². The molecule has 1 aromatic carbocycles. The van der Waals surface area contributed by atoms with Gasteiger partial charge >= 0.3 is 0 Å². The molecule has 0 amide bonds. The predicted octanol–water partition coefficient (Wildman–Crippen LogP) is 2.44. The summed E-state index contributed by atoms with van der Waals surface area (Å²) < 4.78 is 0. The normalized spacial score (nSPS) is 21.3. The summed E-state index contributed by atoms with van der Waals surface area (Å²) in [5.41, 5.74) is 1.30. The summed E-state index contributed by atoms with van der Waals surface area (Å²) in [6, 6.07) is 7.43. The lowest BCUT2D eigenvalue weighted by molar-refractivity contribution is 0.475. The Balaban J connectivity index is 2.26. The lowest BCUT2D eigenvalue weighted by atomic mass is 9.88. The van der Waals surface area contributed by atoms with Crippen LogP contribution in [0.15, 0.2) is 36.4 Å². The zero-order chi connectivity index (χ0) is 7.68. The van der Waals surface area contributed by atoms with E-state index in [9.17, 15) is 0 Å². The topological polar surface area (TPSA) is 20.2 Å². The van der Waals surface area contributed by atoms with E-state index >= 15 is 0 Å². The van der Waals surface area contributed by atoms with Crippen molar-refractivity contribution in [2.24, 2.45) is 0 Å². The standard InChI is InChI=1S/C10H10O/c11-10-6-4-9(5-7-10)8-2-1-3-8/h1-2,4-8,11H,3H2. The van der Waals surface area contributed by atoms with Gasteiger partial charge in [0.15, 0.2) is 0 Å². The van der Waals surface area contributed by atoms with Crippen LogP contribution in [0.2, 0.25) is 0 Å². The fourth-order valence-electron chi connectivity index (χ4n) is 1.24. The Labute approximate surface area is 66.0 Å². The van der Waals surface area contributed by atoms with Crippen LogP contribution in [0.5, 0.6) is 5.75 Å². The molecule has 1 aromatic rings. The van der Waals surface area contributed by atoms with E-state index in [1.54, 1.807) is 12.1 Å². The van der Waals surface area contributed by atoms with Gasteiger partial charge in [0.2, 0.25) is 0 Å². The molecule has 0 spiro atoms. The van der Waals surface area contributed by atoms with Gasteiger partial charge in [-0.1, -0.05) is 24.3 Å². The highest BCUT2D eigenvalue weighted by Gasteiger charge is 2.11. The molecule has 0 fully saturated rings. The van der Waals surface area contributed by atoms with Crippen LogP contribution < -0.4 is 0 Å². The third-order valence-corrected chi connectivity index (χ3v) is 2.08. The molecule has 11 heavy (non-hydrogen) atoms. The predicted molar refractivity (Wildman–Crippen MR) is 44.6 cm³/mol. The van der Waals surface area contributed by atoms with Gasteiger partial charge in [0.05, 0.1) is 0 Å². The van der Waals surface area contributed by atoms with Crippen LogP contribution in [0.1, 0.15) is 17.9 Å². The minimum absolute atomic E-state index is 0.344. The molecule has 1 nitrogen and oxygen atoms in total. The van der Waals surface area contributed by atoms with Crippen LogP contribution in [0, 0.1) is 0 Å². The van der Waals surface area contributed by atoms with Crippen molar-refractivity contribution < 1.29 is 5.11 Å². The molecule has 0 heterocycles. The summed E-state index contributed by atoms with van der Waals surface area (Å²) in [5, 5.41) is 9.01. The van der Waals surface area contributed by atoms with E-state index in [0.29, 0.717) is 11.7 Å². The molecule has 0 saturated heterocycles. The van der Waals surface area contributed by atoms with Crippen LogP contribution >= 0.6 is 0 Å². The Kier molecular flexibility index (Phi) is 1.42. The van der Waals surface area contributed by atoms with Gasteiger partial charge in [-0.05, 0) is 24.1 Å². The molecule has 0 saturated carbocycles. The SMILES string of the molecule is Oc1ccc(C2C=CC2)cc1. The Morgan fingerprint density at radius 2 is 1.82 bits per heavy atom. The average Bonchev–Trinajstić information content (AvgIpc) is 1.90. The maximum atomic E-state index is 9.01. The second-order valence-electron chi connectivity index (χ2n) is 2.86. The number of phenolic OH excluding ortho intramolecular Hbond substituents is 1. The van der Waals surface area contributed by atoms with Gasteiger partial charge in [-0.2, -0.15) is 0 Å². The lowest BCUT2D eigenvalue weighted by Crippen LogP contribution is -1.99. The number of hydrogen-bond donors (Lipinski definition) is 1. The van der Waals surface area contributed by atoms with Crippen molar-refractivity contribution >= 4 is 0 Å². The highest BCUT2D eigenvalue weighted by Crippen LogP contribution is 2.29. The maximum Gasteiger partial charge on any atom is 0.115 e. The molecule has 1 unspecified atom stereocenters. The quantitative estimate of drug-likeness (QED) is 0.603. The van der Waals surface area contributed by atoms with E-state index in [2.05, 4.69) is 12.2 Å². The molecular weight excluding hydrogens is 136 g/mol. The smallest absolute Gasteiger partial charge is 0.115 e. The molecule has 1 aliphatic carbocycles. The van der Waals surface area contributed by atoms with Crippen LogP contribution in [-0.4, -0.2) is 5.11 Å². The monoisotopic (exact) mass is 146 g/mol. The van der Waals surface area contributed by atoms with E-state index < -0.39 is 0 Å². The van der Waals surface area contributed by atoms with Crippen molar-refractivity contribution in [3.63, 3.8) is 0 Å². The summed E-state index contributed by atoms with van der Waals surface area (Å²) >= 11 is 0. The number of phenols is 1. The first-order chi connectivity index (χ1) is 5.36. The number of hydrogen-bond acceptors (Lipinski definition) is 1. The number of allylic oxidation sites excluding steroid dienone is 2. The molecule has 0 aliphatic heterocycles. The first-order valence-corrected chi connectivity index (χ1v) is 3.82. The van der Waals surface area contributed by atoms with Crippen molar-refractivity contribution in [3.8, 4) is 5.75 Å². The summed E-state index contributed by atoms with van der Waals surface area (Å²) in [4.78, 5) is 0. The first-order valence-electron chi connectivity index (χ1n) is 3.82. The minimum atomic E-state index is 0.344. The largest absolute Gasteiger partial charge is 0.508 e. The summed E-state index contributed by atoms with van der Waals surface area (Å²) in [7, 11) is 0. The van der Waals surface area contributed by atoms with E-state index in [1.807, 2.05) is 12.1 Å². The van der Waals surface area contributed by atoms with E-state index in [0.717, 1.165) is 6.42 Å². The molecule has 1 heteroatoms. The molecule has 56 valence electrons. The third-order valence-electron chi connectivity index (χ3n) is 2.08. The number of rotatable bonds is 1. The fraction of sp³-hybridized carbons (Fsp3) is 0.200. The van der Waals surface area contributed by atoms with Gasteiger partial charge in [0, 0.05) is 5.92 Å². The highest BCUT2D eigenvalue weighted by molar-refractivity contribution is 5.33. The van der Waals surface area contributed by atoms with Crippen LogP contribution in [-0.2, 0) is 0 Å². The Hall–Kier alpha value is -1.24. The Morgan fingerprint density at radius 1 is 1.18 bits per heavy atom. The summed E-state index contributed by atoms with van der Waals surface area (Å²) in [5.74, 6) is 0.938. The van der Waals surface area contributed by atoms with E-state index in [1.165, 1.54) is 5.56 Å². The van der Waals surface area contributed by atoms with Crippen molar-refractivity contribution in [2.75, 3.05) is 0 Å². The zero-order valence-electron chi connectivity index (χ0n) is 6.20. The Bertz CT molecular complexity index is 271. The molecule has 0 bridgehead atoms. The third kappa shape index (κ3) is 1.14. The average molecular weight is 146 g/mol. The van der Waals surface area contributed by atoms with E-state index in [4.69, 9.17) is 5.11 Å². The fourth-order valence-corrected chi connectivity index (χ4v) is 1.24. The molecule has 1 N–H and O–H groups in total. The zero-order valence-corrected chi connectivity index (χ0v) is 6.20. The van der Waals surface area contributed by atoms with Crippen LogP contribution in [0.4, 0.5) is 0 Å².